The van der Waals surface area contributed by atoms with E-state index in [2.05, 4.69) is 0 Å². The molecule has 2 rings (SSSR count). The number of hydrogen-bond donors (Lipinski definition) is 1. The maximum atomic E-state index is 13.8. The largest absolute Gasteiger partial charge is 1.00 e. The molecule has 1 aliphatic heterocycles. The van der Waals surface area contributed by atoms with Crippen LogP contribution < -0.4 is 34.3 Å². The zero-order valence-electron chi connectivity index (χ0n) is 13.6. The van der Waals surface area contributed by atoms with Gasteiger partial charge in [-0.05, 0) is 43.5 Å². The number of hydrogen-bond acceptors (Lipinski definition) is 3. The number of carbonyl (C=O) groups is 1. The number of halogens is 2. The molecule has 7 heteroatoms. The number of carboxylic acid groups (broad SMARTS) is 1. The van der Waals surface area contributed by atoms with Crippen molar-refractivity contribution in [1.29, 1.82) is 0 Å². The number of rotatable bonds is 9. The van der Waals surface area contributed by atoms with Crippen molar-refractivity contribution in [2.45, 2.75) is 37.5 Å². The van der Waals surface area contributed by atoms with Crippen LogP contribution in [0.3, 0.4) is 0 Å². The number of aliphatic carboxylic acids is 1. The van der Waals surface area contributed by atoms with Gasteiger partial charge in [-0.25, -0.2) is 9.18 Å². The maximum Gasteiger partial charge on any atom is 1.00 e. The van der Waals surface area contributed by atoms with Crippen molar-refractivity contribution in [3.63, 3.8) is 0 Å². The molecule has 1 aromatic carbocycles. The average molecular weight is 341 g/mol. The van der Waals surface area contributed by atoms with Gasteiger partial charge in [0.05, 0.1) is 13.2 Å². The first kappa shape index (κ1) is 19.7. The summed E-state index contributed by atoms with van der Waals surface area (Å²) in [5, 5.41) is 9.52. The molecule has 0 saturated carbocycles. The number of alkyl halides is 1. The smallest absolute Gasteiger partial charge is 1.00 e. The molecular weight excluding hydrogens is 322 g/mol. The first-order valence-corrected chi connectivity index (χ1v) is 7.32. The topological polar surface area (TPSA) is 59.1 Å². The third-order valence-corrected chi connectivity index (χ3v) is 3.76. The molecule has 118 valence electrons. The summed E-state index contributed by atoms with van der Waals surface area (Å²) in [5.41, 5.74) is -1.57. The Hall–Kier alpha value is -0.330. The minimum absolute atomic E-state index is 0. The van der Waals surface area contributed by atoms with Gasteiger partial charge in [-0.1, -0.05) is 18.0 Å². The molecule has 0 aliphatic carbocycles. The predicted molar refractivity (Wildman–Crippen MR) is 77.7 cm³/mol. The van der Waals surface area contributed by atoms with Gasteiger partial charge in [0.25, 0.3) is 0 Å². The molecule has 1 aromatic rings. The fraction of sp³-hybridized carbons (Fsp3) is 0.533. The SMILES string of the molecule is O=C(O)C1(C(F)CCCCCOc2ccc(Cl)cc2)CO1.[H-].[Na+]. The van der Waals surface area contributed by atoms with Gasteiger partial charge in [0, 0.05) is 5.02 Å². The molecule has 1 fully saturated rings. The van der Waals surface area contributed by atoms with E-state index in [0.717, 1.165) is 18.6 Å². The summed E-state index contributed by atoms with van der Waals surface area (Å²) in [6.45, 7) is 0.516. The van der Waals surface area contributed by atoms with Gasteiger partial charge in [-0.15, -0.1) is 0 Å². The van der Waals surface area contributed by atoms with Gasteiger partial charge < -0.3 is 16.0 Å². The molecule has 1 saturated heterocycles. The molecular formula is C15H19ClFNaO4. The molecule has 2 atom stereocenters. The first-order chi connectivity index (χ1) is 10.0. The van der Waals surface area contributed by atoms with Gasteiger partial charge in [0.15, 0.2) is 0 Å². The zero-order valence-corrected chi connectivity index (χ0v) is 15.3. The summed E-state index contributed by atoms with van der Waals surface area (Å²) in [5.74, 6) is -0.458. The number of epoxide rings is 1. The second-order valence-electron chi connectivity index (χ2n) is 5.10. The number of benzene rings is 1. The first-order valence-electron chi connectivity index (χ1n) is 6.94. The van der Waals surface area contributed by atoms with Crippen molar-refractivity contribution < 1.29 is 54.7 Å². The third kappa shape index (κ3) is 5.39. The Balaban J connectivity index is 0.00000242. The van der Waals surface area contributed by atoms with Gasteiger partial charge in [-0.3, -0.25) is 0 Å². The van der Waals surface area contributed by atoms with Crippen molar-refractivity contribution in [1.82, 2.24) is 0 Å². The van der Waals surface area contributed by atoms with E-state index in [-0.39, 0.29) is 44.0 Å². The maximum absolute atomic E-state index is 13.8. The molecule has 1 heterocycles. The van der Waals surface area contributed by atoms with Gasteiger partial charge in [0.2, 0.25) is 5.60 Å². The van der Waals surface area contributed by atoms with E-state index in [1.54, 1.807) is 24.3 Å². The van der Waals surface area contributed by atoms with Crippen LogP contribution in [-0.2, 0) is 9.53 Å². The Kier molecular flexibility index (Phi) is 8.14. The molecule has 2 unspecified atom stereocenters. The predicted octanol–water partition coefficient (Wildman–Crippen LogP) is 0.587. The normalized spacial score (nSPS) is 20.8. The monoisotopic (exact) mass is 340 g/mol. The van der Waals surface area contributed by atoms with E-state index in [1.165, 1.54) is 0 Å². The van der Waals surface area contributed by atoms with Crippen LogP contribution in [0.5, 0.6) is 5.75 Å². The fourth-order valence-electron chi connectivity index (χ4n) is 2.07. The zero-order chi connectivity index (χ0) is 15.3. The second kappa shape index (κ2) is 9.08. The quantitative estimate of drug-likeness (QED) is 0.406. The molecule has 0 radical (unpaired) electrons. The Labute approximate surface area is 157 Å². The minimum atomic E-state index is -1.57. The Bertz CT molecular complexity index is 485. The molecule has 0 spiro atoms. The van der Waals surface area contributed by atoms with Crippen LogP contribution in [0.25, 0.3) is 0 Å². The van der Waals surface area contributed by atoms with Crippen molar-refractivity contribution in [3.05, 3.63) is 29.3 Å². The summed E-state index contributed by atoms with van der Waals surface area (Å²) in [4.78, 5) is 10.8. The van der Waals surface area contributed by atoms with Crippen molar-refractivity contribution in [2.75, 3.05) is 13.2 Å². The molecule has 0 amide bonds. The van der Waals surface area contributed by atoms with Crippen LogP contribution in [0, 0.1) is 0 Å². The number of ether oxygens (including phenoxy) is 2. The van der Waals surface area contributed by atoms with Crippen molar-refractivity contribution in [3.8, 4) is 5.75 Å². The third-order valence-electron chi connectivity index (χ3n) is 3.51. The minimum Gasteiger partial charge on any atom is -1.00 e. The van der Waals surface area contributed by atoms with Crippen LogP contribution in [0.1, 0.15) is 27.1 Å². The molecule has 1 aliphatic rings. The molecule has 1 N–H and O–H groups in total. The van der Waals surface area contributed by atoms with E-state index < -0.39 is 17.7 Å². The summed E-state index contributed by atoms with van der Waals surface area (Å²) >= 11 is 5.76. The van der Waals surface area contributed by atoms with Gasteiger partial charge in [0.1, 0.15) is 11.9 Å². The Morgan fingerprint density at radius 3 is 2.59 bits per heavy atom. The average Bonchev–Trinajstić information content (AvgIpc) is 3.26. The van der Waals surface area contributed by atoms with Crippen LogP contribution in [0.15, 0.2) is 24.3 Å². The molecule has 22 heavy (non-hydrogen) atoms. The van der Waals surface area contributed by atoms with E-state index >= 15 is 0 Å². The summed E-state index contributed by atoms with van der Waals surface area (Å²) in [6.07, 6.45) is 0.948. The van der Waals surface area contributed by atoms with Crippen LogP contribution in [0.2, 0.25) is 5.02 Å². The standard InChI is InChI=1S/C15H18ClFO4.Na.H/c16-11-5-7-12(8-6-11)20-9-3-1-2-4-13(17)15(10-21-15)14(18)19;;/h5-8,13H,1-4,9-10H2,(H,18,19);;/q;+1;-1. The molecule has 0 bridgehead atoms. The van der Waals surface area contributed by atoms with Crippen LogP contribution in [-0.4, -0.2) is 36.1 Å². The summed E-state index contributed by atoms with van der Waals surface area (Å²) < 4.78 is 24.0. The Morgan fingerprint density at radius 1 is 1.41 bits per heavy atom. The number of carboxylic acids is 1. The van der Waals surface area contributed by atoms with Crippen LogP contribution >= 0.6 is 11.6 Å². The Morgan fingerprint density at radius 2 is 2.05 bits per heavy atom. The van der Waals surface area contributed by atoms with Crippen LogP contribution in [0.4, 0.5) is 4.39 Å². The van der Waals surface area contributed by atoms with E-state index in [0.29, 0.717) is 18.1 Å². The van der Waals surface area contributed by atoms with Gasteiger partial charge in [-0.2, -0.15) is 0 Å². The van der Waals surface area contributed by atoms with E-state index in [4.69, 9.17) is 26.2 Å². The number of unbranched alkanes of at least 4 members (excludes halogenated alkanes) is 2. The van der Waals surface area contributed by atoms with Crippen molar-refractivity contribution >= 4 is 17.6 Å². The van der Waals surface area contributed by atoms with Gasteiger partial charge >= 0.3 is 35.5 Å². The van der Waals surface area contributed by atoms with E-state index in [9.17, 15) is 9.18 Å². The van der Waals surface area contributed by atoms with Crippen molar-refractivity contribution in [2.24, 2.45) is 0 Å². The fourth-order valence-corrected chi connectivity index (χ4v) is 2.20. The molecule has 4 nitrogen and oxygen atoms in total. The van der Waals surface area contributed by atoms with E-state index in [1.807, 2.05) is 0 Å². The summed E-state index contributed by atoms with van der Waals surface area (Å²) in [6, 6.07) is 7.10. The molecule has 0 aromatic heterocycles. The second-order valence-corrected chi connectivity index (χ2v) is 5.54. The summed E-state index contributed by atoms with van der Waals surface area (Å²) in [7, 11) is 0.